The highest BCUT2D eigenvalue weighted by atomic mass is 16.5. The second-order valence-corrected chi connectivity index (χ2v) is 6.51. The molecule has 2 rings (SSSR count). The Hall–Kier alpha value is -1.02. The fourth-order valence-electron chi connectivity index (χ4n) is 3.12. The number of hydrogen-bond donors (Lipinski definition) is 1. The molecule has 0 radical (unpaired) electrons. The molecular formula is C17H27NO. The second-order valence-electron chi connectivity index (χ2n) is 6.51. The smallest absolute Gasteiger partial charge is 0.119 e. The van der Waals surface area contributed by atoms with Crippen LogP contribution in [-0.4, -0.2) is 19.7 Å². The number of benzene rings is 1. The number of hydrogen-bond acceptors (Lipinski definition) is 2. The molecule has 0 heterocycles. The highest BCUT2D eigenvalue weighted by molar-refractivity contribution is 5.28. The van der Waals surface area contributed by atoms with Crippen LogP contribution in [0.4, 0.5) is 0 Å². The van der Waals surface area contributed by atoms with Crippen molar-refractivity contribution >= 4 is 0 Å². The summed E-state index contributed by atoms with van der Waals surface area (Å²) in [6, 6.07) is 9.08. The lowest BCUT2D eigenvalue weighted by Crippen LogP contribution is -2.38. The monoisotopic (exact) mass is 261 g/mol. The predicted molar refractivity (Wildman–Crippen MR) is 80.7 cm³/mol. The molecule has 19 heavy (non-hydrogen) atoms. The van der Waals surface area contributed by atoms with E-state index in [4.69, 9.17) is 4.74 Å². The van der Waals surface area contributed by atoms with Crippen LogP contribution in [0.3, 0.4) is 0 Å². The van der Waals surface area contributed by atoms with Crippen LogP contribution in [0.1, 0.15) is 45.1 Å². The van der Waals surface area contributed by atoms with Crippen LogP contribution in [0.2, 0.25) is 0 Å². The van der Waals surface area contributed by atoms with Crippen LogP contribution >= 0.6 is 0 Å². The third kappa shape index (κ3) is 4.54. The zero-order valence-corrected chi connectivity index (χ0v) is 12.5. The van der Waals surface area contributed by atoms with Gasteiger partial charge in [-0.15, -0.1) is 0 Å². The van der Waals surface area contributed by atoms with E-state index >= 15 is 0 Å². The molecule has 0 aliphatic heterocycles. The van der Waals surface area contributed by atoms with Gasteiger partial charge in [-0.05, 0) is 55.3 Å². The van der Waals surface area contributed by atoms with Gasteiger partial charge >= 0.3 is 0 Å². The Morgan fingerprint density at radius 2 is 2.21 bits per heavy atom. The molecule has 1 unspecified atom stereocenters. The quantitative estimate of drug-likeness (QED) is 0.870. The molecule has 1 aliphatic carbocycles. The van der Waals surface area contributed by atoms with Crippen molar-refractivity contribution in [1.29, 1.82) is 0 Å². The SMILES string of the molecule is COc1cccc(CCNC2CCCC(C)(C)C2)c1. The summed E-state index contributed by atoms with van der Waals surface area (Å²) in [4.78, 5) is 0. The molecule has 1 aromatic carbocycles. The highest BCUT2D eigenvalue weighted by Crippen LogP contribution is 2.34. The molecule has 1 aromatic rings. The molecule has 1 atom stereocenters. The highest BCUT2D eigenvalue weighted by Gasteiger charge is 2.27. The first-order valence-corrected chi connectivity index (χ1v) is 7.45. The molecule has 0 amide bonds. The Balaban J connectivity index is 1.76. The molecule has 1 fully saturated rings. The van der Waals surface area contributed by atoms with Gasteiger partial charge in [0.05, 0.1) is 7.11 Å². The van der Waals surface area contributed by atoms with Gasteiger partial charge in [-0.2, -0.15) is 0 Å². The summed E-state index contributed by atoms with van der Waals surface area (Å²) in [5.74, 6) is 0.955. The van der Waals surface area contributed by atoms with Crippen LogP contribution in [0.5, 0.6) is 5.75 Å². The van der Waals surface area contributed by atoms with Gasteiger partial charge in [0.15, 0.2) is 0 Å². The molecule has 1 saturated carbocycles. The average Bonchev–Trinajstić information content (AvgIpc) is 2.38. The lowest BCUT2D eigenvalue weighted by molar-refractivity contribution is 0.199. The van der Waals surface area contributed by atoms with E-state index in [-0.39, 0.29) is 0 Å². The molecule has 0 bridgehead atoms. The first kappa shape index (κ1) is 14.4. The minimum atomic E-state index is 0.520. The van der Waals surface area contributed by atoms with Crippen LogP contribution in [0.25, 0.3) is 0 Å². The normalized spacial score (nSPS) is 22.2. The first-order chi connectivity index (χ1) is 9.09. The van der Waals surface area contributed by atoms with Crippen LogP contribution < -0.4 is 10.1 Å². The van der Waals surface area contributed by atoms with E-state index in [9.17, 15) is 0 Å². The average molecular weight is 261 g/mol. The standard InChI is InChI=1S/C17H27NO/c1-17(2)10-5-7-15(13-17)18-11-9-14-6-4-8-16(12-14)19-3/h4,6,8,12,15,18H,5,7,9-11,13H2,1-3H3. The molecular weight excluding hydrogens is 234 g/mol. The van der Waals surface area contributed by atoms with E-state index in [0.717, 1.165) is 18.7 Å². The summed E-state index contributed by atoms with van der Waals surface area (Å²) in [7, 11) is 1.72. The van der Waals surface area contributed by atoms with Crippen molar-refractivity contribution < 1.29 is 4.74 Å². The Labute approximate surface area is 117 Å². The minimum Gasteiger partial charge on any atom is -0.497 e. The summed E-state index contributed by atoms with van der Waals surface area (Å²) in [5.41, 5.74) is 1.87. The Morgan fingerprint density at radius 1 is 1.37 bits per heavy atom. The van der Waals surface area contributed by atoms with Crippen molar-refractivity contribution in [2.45, 2.75) is 52.0 Å². The zero-order chi connectivity index (χ0) is 13.7. The summed E-state index contributed by atoms with van der Waals surface area (Å²) < 4.78 is 5.26. The number of methoxy groups -OCH3 is 1. The Bertz CT molecular complexity index is 400. The maximum Gasteiger partial charge on any atom is 0.119 e. The van der Waals surface area contributed by atoms with Gasteiger partial charge < -0.3 is 10.1 Å². The van der Waals surface area contributed by atoms with Crippen LogP contribution in [0, 0.1) is 5.41 Å². The molecule has 0 spiro atoms. The van der Waals surface area contributed by atoms with Gasteiger partial charge in [-0.25, -0.2) is 0 Å². The third-order valence-electron chi connectivity index (χ3n) is 4.19. The second kappa shape index (κ2) is 6.42. The summed E-state index contributed by atoms with van der Waals surface area (Å²) in [6.07, 6.45) is 6.46. The summed E-state index contributed by atoms with van der Waals surface area (Å²) in [5, 5.41) is 3.72. The largest absolute Gasteiger partial charge is 0.497 e. The molecule has 0 saturated heterocycles. The first-order valence-electron chi connectivity index (χ1n) is 7.45. The van der Waals surface area contributed by atoms with Crippen molar-refractivity contribution in [3.05, 3.63) is 29.8 Å². The molecule has 2 heteroatoms. The topological polar surface area (TPSA) is 21.3 Å². The van der Waals surface area contributed by atoms with E-state index in [1.54, 1.807) is 7.11 Å². The summed E-state index contributed by atoms with van der Waals surface area (Å²) in [6.45, 7) is 5.85. The molecule has 2 nitrogen and oxygen atoms in total. The third-order valence-corrected chi connectivity index (χ3v) is 4.19. The van der Waals surface area contributed by atoms with Crippen LogP contribution in [0.15, 0.2) is 24.3 Å². The zero-order valence-electron chi connectivity index (χ0n) is 12.5. The van der Waals surface area contributed by atoms with E-state index in [2.05, 4.69) is 37.4 Å². The number of nitrogens with one attached hydrogen (secondary N) is 1. The molecule has 0 aromatic heterocycles. The van der Waals surface area contributed by atoms with Gasteiger partial charge in [0.2, 0.25) is 0 Å². The van der Waals surface area contributed by atoms with E-state index in [0.29, 0.717) is 11.5 Å². The number of ether oxygens (including phenoxy) is 1. The van der Waals surface area contributed by atoms with Crippen LogP contribution in [-0.2, 0) is 6.42 Å². The maximum atomic E-state index is 5.26. The van der Waals surface area contributed by atoms with Gasteiger partial charge in [-0.3, -0.25) is 0 Å². The van der Waals surface area contributed by atoms with E-state index in [1.807, 2.05) is 6.07 Å². The fraction of sp³-hybridized carbons (Fsp3) is 0.647. The molecule has 1 N–H and O–H groups in total. The molecule has 1 aliphatic rings. The van der Waals surface area contributed by atoms with Crippen molar-refractivity contribution in [2.75, 3.05) is 13.7 Å². The Kier molecular flexibility index (Phi) is 4.87. The number of rotatable bonds is 5. The van der Waals surface area contributed by atoms with Gasteiger partial charge in [0.25, 0.3) is 0 Å². The van der Waals surface area contributed by atoms with E-state index in [1.165, 1.54) is 31.2 Å². The fourth-order valence-corrected chi connectivity index (χ4v) is 3.12. The Morgan fingerprint density at radius 3 is 2.95 bits per heavy atom. The van der Waals surface area contributed by atoms with Crippen molar-refractivity contribution in [2.24, 2.45) is 5.41 Å². The van der Waals surface area contributed by atoms with Gasteiger partial charge in [0.1, 0.15) is 5.75 Å². The lowest BCUT2D eigenvalue weighted by atomic mass is 9.75. The van der Waals surface area contributed by atoms with Gasteiger partial charge in [0, 0.05) is 6.04 Å². The minimum absolute atomic E-state index is 0.520. The van der Waals surface area contributed by atoms with Crippen molar-refractivity contribution in [3.8, 4) is 5.75 Å². The maximum absolute atomic E-state index is 5.26. The summed E-state index contributed by atoms with van der Waals surface area (Å²) >= 11 is 0. The van der Waals surface area contributed by atoms with Crippen molar-refractivity contribution in [3.63, 3.8) is 0 Å². The molecule has 106 valence electrons. The van der Waals surface area contributed by atoms with Crippen molar-refractivity contribution in [1.82, 2.24) is 5.32 Å². The predicted octanol–water partition coefficient (Wildman–Crippen LogP) is 3.80. The van der Waals surface area contributed by atoms with Gasteiger partial charge in [-0.1, -0.05) is 32.4 Å². The lowest BCUT2D eigenvalue weighted by Gasteiger charge is -2.35. The van der Waals surface area contributed by atoms with E-state index < -0.39 is 0 Å².